The molecule has 0 aliphatic carbocycles. The second kappa shape index (κ2) is 7.27. The molecule has 116 valence electrons. The first kappa shape index (κ1) is 16.3. The fourth-order valence-corrected chi connectivity index (χ4v) is 3.67. The van der Waals surface area contributed by atoms with Gasteiger partial charge in [-0.05, 0) is 54.9 Å². The summed E-state index contributed by atoms with van der Waals surface area (Å²) in [5, 5.41) is 13.2. The summed E-state index contributed by atoms with van der Waals surface area (Å²) in [5.74, 6) is 2.36. The van der Waals surface area contributed by atoms with Crippen molar-refractivity contribution >= 4 is 17.7 Å². The van der Waals surface area contributed by atoms with Crippen molar-refractivity contribution in [3.8, 4) is 0 Å². The summed E-state index contributed by atoms with van der Waals surface area (Å²) in [4.78, 5) is 12.0. The van der Waals surface area contributed by atoms with Gasteiger partial charge in [0, 0.05) is 6.42 Å². The smallest absolute Gasteiger partial charge is 0.220 e. The summed E-state index contributed by atoms with van der Waals surface area (Å²) in [7, 11) is 0. The molecule has 21 heavy (non-hydrogen) atoms. The van der Waals surface area contributed by atoms with Crippen LogP contribution in [-0.4, -0.2) is 29.1 Å². The maximum Gasteiger partial charge on any atom is 0.220 e. The second-order valence-corrected chi connectivity index (χ2v) is 7.04. The van der Waals surface area contributed by atoms with Crippen molar-refractivity contribution < 1.29 is 14.3 Å². The fraction of sp³-hybridized carbons (Fsp3) is 0.562. The molecule has 1 aliphatic heterocycles. The molecule has 0 spiro atoms. The molecule has 0 saturated carbocycles. The van der Waals surface area contributed by atoms with Gasteiger partial charge in [0.2, 0.25) is 5.91 Å². The van der Waals surface area contributed by atoms with Crippen molar-refractivity contribution in [3.05, 3.63) is 35.6 Å². The lowest BCUT2D eigenvalue weighted by molar-refractivity contribution is -0.123. The van der Waals surface area contributed by atoms with Gasteiger partial charge in [-0.3, -0.25) is 4.79 Å². The number of aliphatic hydroxyl groups is 1. The summed E-state index contributed by atoms with van der Waals surface area (Å²) in [6.45, 7) is 1.76. The summed E-state index contributed by atoms with van der Waals surface area (Å²) in [6.07, 6.45) is 2.71. The van der Waals surface area contributed by atoms with E-state index >= 15 is 0 Å². The molecule has 1 atom stereocenters. The monoisotopic (exact) mass is 311 g/mol. The summed E-state index contributed by atoms with van der Waals surface area (Å²) in [5.41, 5.74) is -0.593. The molecular formula is C16H22FNO2S. The lowest BCUT2D eigenvalue weighted by Gasteiger charge is -2.25. The highest BCUT2D eigenvalue weighted by Crippen LogP contribution is 2.25. The maximum atomic E-state index is 12.9. The summed E-state index contributed by atoms with van der Waals surface area (Å²) < 4.78 is 12.9. The van der Waals surface area contributed by atoms with E-state index in [-0.39, 0.29) is 18.3 Å². The first-order chi connectivity index (χ1) is 9.97. The molecule has 0 radical (unpaired) electrons. The molecule has 0 aromatic heterocycles. The SMILES string of the molecule is CC(O)(CNC(=O)CC1CCSCC1)c1ccc(F)cc1. The van der Waals surface area contributed by atoms with Crippen molar-refractivity contribution in [2.45, 2.75) is 31.8 Å². The molecule has 1 amide bonds. The summed E-state index contributed by atoms with van der Waals surface area (Å²) >= 11 is 1.94. The third kappa shape index (κ3) is 5.00. The normalized spacial score (nSPS) is 19.0. The summed E-state index contributed by atoms with van der Waals surface area (Å²) in [6, 6.07) is 5.70. The Kier molecular flexibility index (Phi) is 5.65. The van der Waals surface area contributed by atoms with Gasteiger partial charge in [0.05, 0.1) is 6.54 Å². The van der Waals surface area contributed by atoms with Crippen LogP contribution < -0.4 is 5.32 Å². The van der Waals surface area contributed by atoms with E-state index < -0.39 is 5.60 Å². The molecule has 1 heterocycles. The lowest BCUT2D eigenvalue weighted by atomic mass is 9.95. The Morgan fingerprint density at radius 2 is 2.00 bits per heavy atom. The number of amides is 1. The van der Waals surface area contributed by atoms with Gasteiger partial charge in [0.25, 0.3) is 0 Å². The van der Waals surface area contributed by atoms with Crippen LogP contribution in [0.3, 0.4) is 0 Å². The standard InChI is InChI=1S/C16H22FNO2S/c1-16(20,13-2-4-14(17)5-3-13)11-18-15(19)10-12-6-8-21-9-7-12/h2-5,12,20H,6-11H2,1H3,(H,18,19). The van der Waals surface area contributed by atoms with Gasteiger partial charge in [-0.15, -0.1) is 0 Å². The number of hydrogen-bond donors (Lipinski definition) is 2. The Morgan fingerprint density at radius 3 is 2.62 bits per heavy atom. The lowest BCUT2D eigenvalue weighted by Crippen LogP contribution is -2.39. The Balaban J connectivity index is 1.82. The van der Waals surface area contributed by atoms with Crippen LogP contribution in [0.5, 0.6) is 0 Å². The average molecular weight is 311 g/mol. The van der Waals surface area contributed by atoms with E-state index in [1.54, 1.807) is 19.1 Å². The van der Waals surface area contributed by atoms with Gasteiger partial charge in [-0.1, -0.05) is 12.1 Å². The van der Waals surface area contributed by atoms with Crippen molar-refractivity contribution in [1.82, 2.24) is 5.32 Å². The van der Waals surface area contributed by atoms with Gasteiger partial charge in [0.1, 0.15) is 11.4 Å². The Labute approximate surface area is 129 Å². The molecule has 3 nitrogen and oxygen atoms in total. The predicted octanol–water partition coefficient (Wildman–Crippen LogP) is 2.68. The van der Waals surface area contributed by atoms with Gasteiger partial charge in [-0.2, -0.15) is 11.8 Å². The van der Waals surface area contributed by atoms with Crippen LogP contribution in [0.25, 0.3) is 0 Å². The molecule has 1 unspecified atom stereocenters. The molecule has 0 bridgehead atoms. The maximum absolute atomic E-state index is 12.9. The average Bonchev–Trinajstić information content (AvgIpc) is 2.47. The minimum absolute atomic E-state index is 0.0192. The highest BCUT2D eigenvalue weighted by Gasteiger charge is 2.25. The van der Waals surface area contributed by atoms with Crippen LogP contribution in [0.2, 0.25) is 0 Å². The Morgan fingerprint density at radius 1 is 1.38 bits per heavy atom. The van der Waals surface area contributed by atoms with Crippen molar-refractivity contribution in [2.75, 3.05) is 18.1 Å². The van der Waals surface area contributed by atoms with E-state index in [4.69, 9.17) is 0 Å². The molecule has 1 aliphatic rings. The minimum atomic E-state index is -1.19. The largest absolute Gasteiger partial charge is 0.384 e. The number of halogens is 1. The van der Waals surface area contributed by atoms with E-state index in [0.29, 0.717) is 17.9 Å². The van der Waals surface area contributed by atoms with Crippen LogP contribution >= 0.6 is 11.8 Å². The zero-order valence-electron chi connectivity index (χ0n) is 12.3. The molecule has 1 saturated heterocycles. The van der Waals surface area contributed by atoms with Gasteiger partial charge >= 0.3 is 0 Å². The molecule has 1 fully saturated rings. The third-order valence-corrected chi connectivity index (χ3v) is 4.96. The second-order valence-electron chi connectivity index (χ2n) is 5.82. The number of thioether (sulfide) groups is 1. The molecular weight excluding hydrogens is 289 g/mol. The first-order valence-electron chi connectivity index (χ1n) is 7.30. The van der Waals surface area contributed by atoms with E-state index in [1.807, 2.05) is 11.8 Å². The van der Waals surface area contributed by atoms with Crippen molar-refractivity contribution in [3.63, 3.8) is 0 Å². The Bertz CT molecular complexity index is 470. The molecule has 5 heteroatoms. The van der Waals surface area contributed by atoms with Crippen molar-refractivity contribution in [2.24, 2.45) is 5.92 Å². The van der Waals surface area contributed by atoms with E-state index in [0.717, 1.165) is 24.3 Å². The van der Waals surface area contributed by atoms with Crippen LogP contribution in [-0.2, 0) is 10.4 Å². The van der Waals surface area contributed by atoms with Crippen molar-refractivity contribution in [1.29, 1.82) is 0 Å². The van der Waals surface area contributed by atoms with Crippen LogP contribution in [0.4, 0.5) is 4.39 Å². The molecule has 2 rings (SSSR count). The fourth-order valence-electron chi connectivity index (χ4n) is 2.47. The first-order valence-corrected chi connectivity index (χ1v) is 8.46. The minimum Gasteiger partial charge on any atom is -0.384 e. The quantitative estimate of drug-likeness (QED) is 0.879. The molecule has 2 N–H and O–H groups in total. The van der Waals surface area contributed by atoms with Gasteiger partial charge in [0.15, 0.2) is 0 Å². The molecule has 1 aromatic rings. The predicted molar refractivity (Wildman–Crippen MR) is 83.6 cm³/mol. The number of carbonyl (C=O) groups is 1. The van der Waals surface area contributed by atoms with E-state index in [1.165, 1.54) is 12.1 Å². The highest BCUT2D eigenvalue weighted by atomic mass is 32.2. The van der Waals surface area contributed by atoms with Crippen LogP contribution in [0, 0.1) is 11.7 Å². The van der Waals surface area contributed by atoms with Crippen LogP contribution in [0.15, 0.2) is 24.3 Å². The zero-order valence-corrected chi connectivity index (χ0v) is 13.1. The number of carbonyl (C=O) groups excluding carboxylic acids is 1. The van der Waals surface area contributed by atoms with E-state index in [9.17, 15) is 14.3 Å². The van der Waals surface area contributed by atoms with Gasteiger partial charge < -0.3 is 10.4 Å². The van der Waals surface area contributed by atoms with E-state index in [2.05, 4.69) is 5.32 Å². The zero-order chi connectivity index (χ0) is 15.3. The Hall–Kier alpha value is -1.07. The number of nitrogens with one attached hydrogen (secondary N) is 1. The third-order valence-electron chi connectivity index (χ3n) is 3.91. The number of rotatable bonds is 5. The number of benzene rings is 1. The highest BCUT2D eigenvalue weighted by molar-refractivity contribution is 7.99. The topological polar surface area (TPSA) is 49.3 Å². The van der Waals surface area contributed by atoms with Crippen LogP contribution in [0.1, 0.15) is 31.7 Å². The number of hydrogen-bond acceptors (Lipinski definition) is 3. The molecule has 1 aromatic carbocycles. The van der Waals surface area contributed by atoms with Gasteiger partial charge in [-0.25, -0.2) is 4.39 Å².